The van der Waals surface area contributed by atoms with Gasteiger partial charge in [-0.2, -0.15) is 0 Å². The molecular formula is C54H72N4O6. The number of carbonyl (C=O) groups is 3. The van der Waals surface area contributed by atoms with Crippen molar-refractivity contribution in [2.24, 2.45) is 49.6 Å². The van der Waals surface area contributed by atoms with Crippen LogP contribution in [0.1, 0.15) is 153 Å². The summed E-state index contributed by atoms with van der Waals surface area (Å²) in [5, 5.41) is 12.3. The molecule has 0 unspecified atom stereocenters. The summed E-state index contributed by atoms with van der Waals surface area (Å²) in [5.41, 5.74) is 8.12. The van der Waals surface area contributed by atoms with E-state index in [-0.39, 0.29) is 41.8 Å². The molecule has 6 rings (SSSR count). The van der Waals surface area contributed by atoms with E-state index in [1.54, 1.807) is 6.92 Å². The summed E-state index contributed by atoms with van der Waals surface area (Å²) in [5.74, 6) is -0.740. The average molecular weight is 873 g/mol. The van der Waals surface area contributed by atoms with Crippen LogP contribution in [0.3, 0.4) is 0 Å². The first-order chi connectivity index (χ1) is 30.4. The van der Waals surface area contributed by atoms with E-state index in [2.05, 4.69) is 48.5 Å². The molecule has 0 aromatic carbocycles. The summed E-state index contributed by atoms with van der Waals surface area (Å²) in [4.78, 5) is 61.6. The maximum atomic E-state index is 14.4. The maximum Gasteiger partial charge on any atom is 0.351 e. The lowest BCUT2D eigenvalue weighted by molar-refractivity contribution is -0.161. The van der Waals surface area contributed by atoms with E-state index < -0.39 is 23.3 Å². The van der Waals surface area contributed by atoms with Crippen molar-refractivity contribution in [3.63, 3.8) is 0 Å². The molecule has 5 aliphatic heterocycles. The van der Waals surface area contributed by atoms with Gasteiger partial charge in [0.2, 0.25) is 5.78 Å². The Morgan fingerprint density at radius 1 is 0.797 bits per heavy atom. The zero-order valence-corrected chi connectivity index (χ0v) is 40.7. The molecule has 0 aromatic heterocycles. The van der Waals surface area contributed by atoms with Gasteiger partial charge >= 0.3 is 11.9 Å². The number of carbonyl (C=O) groups excluding carboxylic acids is 3. The monoisotopic (exact) mass is 873 g/mol. The van der Waals surface area contributed by atoms with Gasteiger partial charge in [0, 0.05) is 24.0 Å². The number of esters is 2. The van der Waals surface area contributed by atoms with Crippen molar-refractivity contribution in [2.75, 3.05) is 13.7 Å². The van der Waals surface area contributed by atoms with E-state index in [1.165, 1.54) is 50.5 Å². The smallest absolute Gasteiger partial charge is 0.351 e. The van der Waals surface area contributed by atoms with Crippen LogP contribution >= 0.6 is 0 Å². The van der Waals surface area contributed by atoms with Crippen molar-refractivity contribution in [3.8, 4) is 0 Å². The van der Waals surface area contributed by atoms with Crippen molar-refractivity contribution >= 4 is 40.6 Å². The van der Waals surface area contributed by atoms with Gasteiger partial charge in [0.1, 0.15) is 6.61 Å². The molecule has 1 N–H and O–H groups in total. The fourth-order valence-electron chi connectivity index (χ4n) is 9.97. The van der Waals surface area contributed by atoms with Crippen LogP contribution in [-0.2, 0) is 23.9 Å². The molecule has 0 amide bonds. The zero-order chi connectivity index (χ0) is 46.6. The first-order valence-electron chi connectivity index (χ1n) is 23.9. The molecule has 0 saturated heterocycles. The third-order valence-corrected chi connectivity index (χ3v) is 14.4. The largest absolute Gasteiger partial charge is 0.466 e. The van der Waals surface area contributed by atoms with E-state index in [0.29, 0.717) is 35.0 Å². The van der Waals surface area contributed by atoms with E-state index in [1.807, 2.05) is 45.1 Å². The van der Waals surface area contributed by atoms with Crippen molar-refractivity contribution < 1.29 is 29.0 Å². The predicted molar refractivity (Wildman–Crippen MR) is 258 cm³/mol. The summed E-state index contributed by atoms with van der Waals surface area (Å²) < 4.78 is 10.9. The lowest BCUT2D eigenvalue weighted by Crippen LogP contribution is -2.49. The van der Waals surface area contributed by atoms with Gasteiger partial charge < -0.3 is 14.6 Å². The molecule has 1 aliphatic carbocycles. The van der Waals surface area contributed by atoms with E-state index in [0.717, 1.165) is 83.3 Å². The number of allylic oxidation sites excluding steroid dienone is 11. The van der Waals surface area contributed by atoms with Gasteiger partial charge in [-0.15, -0.1) is 0 Å². The number of nitrogens with zero attached hydrogens (tertiary/aromatic N) is 4. The normalized spacial score (nSPS) is 24.0. The Balaban J connectivity index is 1.20. The number of hydrogen-bond acceptors (Lipinski definition) is 10. The van der Waals surface area contributed by atoms with Crippen LogP contribution in [-0.4, -0.2) is 65.0 Å². The second kappa shape index (κ2) is 20.6. The number of aliphatic imine (C=N–C) groups is 4. The van der Waals surface area contributed by atoms with Gasteiger partial charge in [0.15, 0.2) is 0 Å². The van der Waals surface area contributed by atoms with Crippen LogP contribution in [0, 0.1) is 29.6 Å². The minimum atomic E-state index is -2.68. The number of ether oxygens (including phenoxy) is 2. The third-order valence-electron chi connectivity index (χ3n) is 14.4. The highest BCUT2D eigenvalue weighted by Gasteiger charge is 2.61. The van der Waals surface area contributed by atoms with Gasteiger partial charge in [-0.1, -0.05) is 92.1 Å². The third kappa shape index (κ3) is 10.0. The number of fused-ring (bicyclic) bond motifs is 4. The zero-order valence-electron chi connectivity index (χ0n) is 40.7. The van der Waals surface area contributed by atoms with Gasteiger partial charge in [0.25, 0.3) is 5.60 Å². The number of rotatable bonds is 19. The minimum Gasteiger partial charge on any atom is -0.466 e. The molecule has 0 aromatic rings. The summed E-state index contributed by atoms with van der Waals surface area (Å²) in [6, 6.07) is 0. The molecular weight excluding hydrogens is 801 g/mol. The Morgan fingerprint density at radius 3 is 2.06 bits per heavy atom. The topological polar surface area (TPSA) is 139 Å². The van der Waals surface area contributed by atoms with Crippen molar-refractivity contribution in [2.45, 2.75) is 159 Å². The standard InChI is InChI=1S/C54H72N4O6/c1-13-39-36(9)43-27-41-34(7)35(8)42(55-41)28-44-37(10)40(23-24-47(59)64-26-25-33(6)22-16-21-32(5)20-15-19-31(4)18-14-17-30(2)3)50(57-44)49-51-48(52(60)54(49,62)53(61)63-12)38(11)45(58-51)29-46(39)56-43/h25,27-32,37,40,62H,13-24,26H2,1-12H3/t31-,32-,37+,40-,54-/m1/s1. The summed E-state index contributed by atoms with van der Waals surface area (Å²) in [6.45, 7) is 23.7. The molecule has 6 aliphatic rings. The van der Waals surface area contributed by atoms with Crippen LogP contribution in [0.2, 0.25) is 0 Å². The molecule has 10 nitrogen and oxygen atoms in total. The molecule has 5 heterocycles. The van der Waals surface area contributed by atoms with Crippen LogP contribution in [0.15, 0.2) is 112 Å². The summed E-state index contributed by atoms with van der Waals surface area (Å²) >= 11 is 0. The van der Waals surface area contributed by atoms with Crippen LogP contribution in [0.5, 0.6) is 0 Å². The van der Waals surface area contributed by atoms with E-state index in [4.69, 9.17) is 29.4 Å². The first-order valence-corrected chi connectivity index (χ1v) is 23.9. The second-order valence-corrected chi connectivity index (χ2v) is 19.6. The number of hydrogen-bond donors (Lipinski definition) is 1. The maximum absolute atomic E-state index is 14.4. The SMILES string of the molecule is CCC1=C(C)C2=NC1=CC1=NC3=C(C4=NC(=CC5=NC(=C2)C(C)=C5C)[C@@H](C)[C@H]4CCC(=O)OCC=C(C)CCC[C@H](C)CCC[C@H](C)CCCC(C)C)[C@](O)(C(=O)OC)C(=O)C3=C1C. The lowest BCUT2D eigenvalue weighted by atomic mass is 9.79. The molecule has 5 atom stereocenters. The van der Waals surface area contributed by atoms with E-state index in [9.17, 15) is 19.5 Å². The molecule has 0 radical (unpaired) electrons. The second-order valence-electron chi connectivity index (χ2n) is 19.6. The average Bonchev–Trinajstić information content (AvgIpc) is 3.96. The molecule has 8 bridgehead atoms. The van der Waals surface area contributed by atoms with Crippen molar-refractivity contribution in [1.29, 1.82) is 0 Å². The molecule has 0 spiro atoms. The van der Waals surface area contributed by atoms with Gasteiger partial charge in [-0.25, -0.2) is 19.8 Å². The number of ketones is 1. The quantitative estimate of drug-likeness (QED) is 0.0779. The fourth-order valence-corrected chi connectivity index (χ4v) is 9.97. The fraction of sp³-hybridized carbons (Fsp3) is 0.574. The number of aliphatic hydroxyl groups is 1. The summed E-state index contributed by atoms with van der Waals surface area (Å²) in [7, 11) is 1.15. The Hall–Kier alpha value is -4.83. The van der Waals surface area contributed by atoms with Crippen LogP contribution in [0.4, 0.5) is 0 Å². The highest BCUT2D eigenvalue weighted by molar-refractivity contribution is 6.35. The van der Waals surface area contributed by atoms with Crippen LogP contribution < -0.4 is 0 Å². The minimum absolute atomic E-state index is 0.00258. The predicted octanol–water partition coefficient (Wildman–Crippen LogP) is 11.6. The van der Waals surface area contributed by atoms with Gasteiger partial charge in [-0.05, 0) is 130 Å². The Labute approximate surface area is 382 Å². The van der Waals surface area contributed by atoms with Crippen molar-refractivity contribution in [3.05, 3.63) is 91.7 Å². The number of methoxy groups -OCH3 is 1. The van der Waals surface area contributed by atoms with Crippen LogP contribution in [0.25, 0.3) is 0 Å². The number of Topliss-reactive ketones (excluding diaryl/α,β-unsaturated/α-hetero) is 1. The van der Waals surface area contributed by atoms with Gasteiger partial charge in [0.05, 0.1) is 58.2 Å². The van der Waals surface area contributed by atoms with E-state index >= 15 is 0 Å². The first kappa shape index (κ1) is 48.6. The Kier molecular flexibility index (Phi) is 15.6. The molecule has 0 saturated carbocycles. The highest BCUT2D eigenvalue weighted by atomic mass is 16.5. The van der Waals surface area contributed by atoms with Gasteiger partial charge in [-0.3, -0.25) is 14.6 Å². The Morgan fingerprint density at radius 2 is 1.41 bits per heavy atom. The summed E-state index contributed by atoms with van der Waals surface area (Å²) in [6.07, 6.45) is 20.1. The molecule has 10 heteroatoms. The molecule has 0 fully saturated rings. The highest BCUT2D eigenvalue weighted by Crippen LogP contribution is 2.49. The lowest BCUT2D eigenvalue weighted by Gasteiger charge is -2.26. The molecule has 64 heavy (non-hydrogen) atoms. The Bertz CT molecular complexity index is 2330. The molecule has 344 valence electrons. The van der Waals surface area contributed by atoms with Crippen molar-refractivity contribution in [1.82, 2.24) is 0 Å².